The van der Waals surface area contributed by atoms with E-state index in [0.717, 1.165) is 5.56 Å². The molecule has 2 aromatic carbocycles. The van der Waals surface area contributed by atoms with E-state index in [1.807, 2.05) is 6.92 Å². The first-order valence-corrected chi connectivity index (χ1v) is 5.83. The zero-order valence-corrected chi connectivity index (χ0v) is 10.7. The van der Waals surface area contributed by atoms with Crippen LogP contribution >= 0.6 is 0 Å². The van der Waals surface area contributed by atoms with Gasteiger partial charge < -0.3 is 10.0 Å². The third kappa shape index (κ3) is 2.57. The molecule has 3 nitrogen and oxygen atoms in total. The van der Waals surface area contributed by atoms with Crippen molar-refractivity contribution in [2.75, 3.05) is 11.9 Å². The highest BCUT2D eigenvalue weighted by Gasteiger charge is 2.16. The van der Waals surface area contributed by atoms with E-state index in [2.05, 4.69) is 0 Å². The number of para-hydroxylation sites is 1. The van der Waals surface area contributed by atoms with Gasteiger partial charge in [0, 0.05) is 7.05 Å². The first kappa shape index (κ1) is 13.1. The minimum absolute atomic E-state index is 0.158. The van der Waals surface area contributed by atoms with E-state index in [-0.39, 0.29) is 11.4 Å². The maximum absolute atomic E-state index is 13.7. The first-order valence-electron chi connectivity index (χ1n) is 5.83. The van der Waals surface area contributed by atoms with Crippen molar-refractivity contribution in [3.8, 4) is 0 Å². The summed E-state index contributed by atoms with van der Waals surface area (Å²) in [6.07, 6.45) is 0. The number of nitrogens with zero attached hydrogens (tertiary/aromatic N) is 1. The molecule has 0 aliphatic rings. The second-order valence-corrected chi connectivity index (χ2v) is 4.34. The number of carboxylic acids is 1. The van der Waals surface area contributed by atoms with E-state index >= 15 is 0 Å². The summed E-state index contributed by atoms with van der Waals surface area (Å²) in [6, 6.07) is 11.3. The summed E-state index contributed by atoms with van der Waals surface area (Å²) in [6.45, 7) is 1.82. The summed E-state index contributed by atoms with van der Waals surface area (Å²) in [7, 11) is 1.65. The van der Waals surface area contributed by atoms with Crippen LogP contribution in [-0.2, 0) is 0 Å². The molecule has 0 saturated carbocycles. The van der Waals surface area contributed by atoms with Crippen LogP contribution in [0.25, 0.3) is 0 Å². The summed E-state index contributed by atoms with van der Waals surface area (Å²) in [4.78, 5) is 12.8. The van der Waals surface area contributed by atoms with Crippen molar-refractivity contribution in [3.05, 3.63) is 59.4 Å². The summed E-state index contributed by atoms with van der Waals surface area (Å²) in [5.41, 5.74) is 1.81. The lowest BCUT2D eigenvalue weighted by Gasteiger charge is -2.22. The molecular formula is C15H14FNO2. The van der Waals surface area contributed by atoms with E-state index in [4.69, 9.17) is 0 Å². The highest BCUT2D eigenvalue weighted by Crippen LogP contribution is 2.29. The van der Waals surface area contributed by atoms with Crippen LogP contribution in [0.5, 0.6) is 0 Å². The molecule has 0 fully saturated rings. The van der Waals surface area contributed by atoms with Gasteiger partial charge in [0.25, 0.3) is 0 Å². The van der Waals surface area contributed by atoms with Crippen molar-refractivity contribution in [1.82, 2.24) is 0 Å². The van der Waals surface area contributed by atoms with Crippen molar-refractivity contribution in [2.45, 2.75) is 6.92 Å². The molecule has 0 radical (unpaired) electrons. The van der Waals surface area contributed by atoms with Crippen molar-refractivity contribution >= 4 is 17.3 Å². The molecule has 0 aliphatic carbocycles. The van der Waals surface area contributed by atoms with Crippen LogP contribution < -0.4 is 4.90 Å². The molecule has 1 N–H and O–H groups in total. The maximum atomic E-state index is 13.7. The van der Waals surface area contributed by atoms with Crippen LogP contribution in [-0.4, -0.2) is 18.1 Å². The van der Waals surface area contributed by atoms with Crippen LogP contribution in [0, 0.1) is 12.7 Å². The fourth-order valence-electron chi connectivity index (χ4n) is 1.97. The zero-order valence-electron chi connectivity index (χ0n) is 10.7. The van der Waals surface area contributed by atoms with E-state index in [1.165, 1.54) is 11.0 Å². The van der Waals surface area contributed by atoms with Gasteiger partial charge in [-0.1, -0.05) is 23.8 Å². The predicted octanol–water partition coefficient (Wildman–Crippen LogP) is 3.60. The molecule has 0 spiro atoms. The van der Waals surface area contributed by atoms with Crippen LogP contribution in [0.4, 0.5) is 15.8 Å². The Bertz CT molecular complexity index is 625. The quantitative estimate of drug-likeness (QED) is 0.915. The fourth-order valence-corrected chi connectivity index (χ4v) is 1.97. The van der Waals surface area contributed by atoms with Gasteiger partial charge in [0.05, 0.1) is 16.9 Å². The summed E-state index contributed by atoms with van der Waals surface area (Å²) in [5, 5.41) is 9.23. The maximum Gasteiger partial charge on any atom is 0.337 e. The normalized spacial score (nSPS) is 10.3. The number of carboxylic acid groups (broad SMARTS) is 1. The van der Waals surface area contributed by atoms with Crippen LogP contribution in [0.15, 0.2) is 42.5 Å². The second kappa shape index (κ2) is 5.10. The Hall–Kier alpha value is -2.36. The van der Waals surface area contributed by atoms with Gasteiger partial charge >= 0.3 is 5.97 Å². The van der Waals surface area contributed by atoms with Crippen LogP contribution in [0.1, 0.15) is 15.9 Å². The van der Waals surface area contributed by atoms with Gasteiger partial charge in [0.1, 0.15) is 5.82 Å². The minimum atomic E-state index is -1.03. The Morgan fingerprint density at radius 2 is 1.84 bits per heavy atom. The molecule has 0 amide bonds. The Labute approximate surface area is 110 Å². The number of hydrogen-bond acceptors (Lipinski definition) is 2. The number of rotatable bonds is 3. The molecule has 0 bridgehead atoms. The van der Waals surface area contributed by atoms with Gasteiger partial charge in [0.15, 0.2) is 0 Å². The number of aryl methyl sites for hydroxylation is 1. The third-order valence-corrected chi connectivity index (χ3v) is 2.96. The van der Waals surface area contributed by atoms with Crippen molar-refractivity contribution in [2.24, 2.45) is 0 Å². The molecule has 0 aliphatic heterocycles. The van der Waals surface area contributed by atoms with E-state index < -0.39 is 5.97 Å². The van der Waals surface area contributed by atoms with Crippen LogP contribution in [0.2, 0.25) is 0 Å². The molecule has 98 valence electrons. The molecule has 2 rings (SSSR count). The molecule has 0 unspecified atom stereocenters. The molecule has 0 heterocycles. The standard InChI is InChI=1S/C15H14FNO2/c1-10-7-8-13(11(9-10)15(18)19)17(2)14-6-4-3-5-12(14)16/h3-9H,1-2H3,(H,18,19). The number of hydrogen-bond donors (Lipinski definition) is 1. The van der Waals surface area contributed by atoms with Gasteiger partial charge in [0.2, 0.25) is 0 Å². The zero-order chi connectivity index (χ0) is 14.0. The highest BCUT2D eigenvalue weighted by atomic mass is 19.1. The summed E-state index contributed by atoms with van der Waals surface area (Å²) < 4.78 is 13.7. The SMILES string of the molecule is Cc1ccc(N(C)c2ccccc2F)c(C(=O)O)c1. The van der Waals surface area contributed by atoms with Crippen molar-refractivity contribution in [3.63, 3.8) is 0 Å². The van der Waals surface area contributed by atoms with E-state index in [1.54, 1.807) is 43.4 Å². The van der Waals surface area contributed by atoms with Gasteiger partial charge in [-0.3, -0.25) is 0 Å². The molecule has 19 heavy (non-hydrogen) atoms. The molecule has 4 heteroatoms. The van der Waals surface area contributed by atoms with Gasteiger partial charge in [-0.25, -0.2) is 9.18 Å². The number of halogens is 1. The van der Waals surface area contributed by atoms with Crippen molar-refractivity contribution in [1.29, 1.82) is 0 Å². The number of benzene rings is 2. The van der Waals surface area contributed by atoms with E-state index in [0.29, 0.717) is 11.4 Å². The first-order chi connectivity index (χ1) is 9.00. The molecular weight excluding hydrogens is 245 g/mol. The Morgan fingerprint density at radius 3 is 2.47 bits per heavy atom. The van der Waals surface area contributed by atoms with Gasteiger partial charge in [-0.05, 0) is 31.2 Å². The highest BCUT2D eigenvalue weighted by molar-refractivity contribution is 5.95. The smallest absolute Gasteiger partial charge is 0.337 e. The summed E-state index contributed by atoms with van der Waals surface area (Å²) >= 11 is 0. The van der Waals surface area contributed by atoms with Gasteiger partial charge in [-0.15, -0.1) is 0 Å². The third-order valence-electron chi connectivity index (χ3n) is 2.96. The van der Waals surface area contributed by atoms with Crippen molar-refractivity contribution < 1.29 is 14.3 Å². The lowest BCUT2D eigenvalue weighted by Crippen LogP contribution is -2.15. The Kier molecular flexibility index (Phi) is 3.51. The monoisotopic (exact) mass is 259 g/mol. The Morgan fingerprint density at radius 1 is 1.16 bits per heavy atom. The number of anilines is 2. The Balaban J connectivity index is 2.53. The van der Waals surface area contributed by atoms with Gasteiger partial charge in [-0.2, -0.15) is 0 Å². The van der Waals surface area contributed by atoms with Crippen LogP contribution in [0.3, 0.4) is 0 Å². The fraction of sp³-hybridized carbons (Fsp3) is 0.133. The predicted molar refractivity (Wildman–Crippen MR) is 72.6 cm³/mol. The summed E-state index contributed by atoms with van der Waals surface area (Å²) in [5.74, 6) is -1.41. The van der Waals surface area contributed by atoms with E-state index in [9.17, 15) is 14.3 Å². The topological polar surface area (TPSA) is 40.5 Å². The largest absolute Gasteiger partial charge is 0.478 e. The lowest BCUT2D eigenvalue weighted by molar-refractivity contribution is 0.0697. The minimum Gasteiger partial charge on any atom is -0.478 e. The average Bonchev–Trinajstić information content (AvgIpc) is 2.38. The number of carbonyl (C=O) groups is 1. The average molecular weight is 259 g/mol. The second-order valence-electron chi connectivity index (χ2n) is 4.34. The number of aromatic carboxylic acids is 1. The molecule has 0 saturated heterocycles. The molecule has 2 aromatic rings. The molecule has 0 atom stereocenters. The molecule has 0 aromatic heterocycles. The lowest BCUT2D eigenvalue weighted by atomic mass is 10.1.